The fourth-order valence-corrected chi connectivity index (χ4v) is 3.41. The van der Waals surface area contributed by atoms with E-state index in [2.05, 4.69) is 10.0 Å². The van der Waals surface area contributed by atoms with Crippen molar-refractivity contribution < 1.29 is 17.9 Å². The van der Waals surface area contributed by atoms with Gasteiger partial charge in [-0.1, -0.05) is 18.2 Å². The Bertz CT molecular complexity index is 969. The first kappa shape index (κ1) is 21.5. The van der Waals surface area contributed by atoms with Gasteiger partial charge in [-0.25, -0.2) is 13.1 Å². The van der Waals surface area contributed by atoms with Gasteiger partial charge in [0.1, 0.15) is 10.6 Å². The fraction of sp³-hybridized carbons (Fsp3) is 0.250. The Hall–Kier alpha value is -2.84. The van der Waals surface area contributed by atoms with E-state index in [9.17, 15) is 13.2 Å². The fourth-order valence-electron chi connectivity index (χ4n) is 2.48. The van der Waals surface area contributed by atoms with E-state index in [0.717, 1.165) is 11.3 Å². The summed E-state index contributed by atoms with van der Waals surface area (Å²) in [6.45, 7) is 0.396. The molecule has 0 aliphatic rings. The summed E-state index contributed by atoms with van der Waals surface area (Å²) in [6.07, 6.45) is 2.92. The number of carbonyl (C=O) groups excluding carboxylic acids is 1. The predicted octanol–water partition coefficient (Wildman–Crippen LogP) is 2.00. The topological polar surface area (TPSA) is 87.7 Å². The SMILES string of the molecule is CNS(=O)(=O)c1cc(/C=C/C(=O)NCc2cccc(N(C)C)c2)ccc1OC. The van der Waals surface area contributed by atoms with E-state index < -0.39 is 10.0 Å². The third-order valence-corrected chi connectivity index (χ3v) is 5.50. The van der Waals surface area contributed by atoms with Crippen LogP contribution in [0.3, 0.4) is 0 Å². The Morgan fingerprint density at radius 3 is 2.57 bits per heavy atom. The molecular formula is C20H25N3O4S. The normalized spacial score (nSPS) is 11.4. The van der Waals surface area contributed by atoms with E-state index in [0.29, 0.717) is 12.1 Å². The number of hydrogen-bond donors (Lipinski definition) is 2. The maximum absolute atomic E-state index is 12.1. The van der Waals surface area contributed by atoms with E-state index in [1.165, 1.54) is 26.3 Å². The minimum Gasteiger partial charge on any atom is -0.495 e. The van der Waals surface area contributed by atoms with Crippen LogP contribution in [0.25, 0.3) is 6.08 Å². The van der Waals surface area contributed by atoms with Crippen LogP contribution in [0.2, 0.25) is 0 Å². The standard InChI is InChI=1S/C20H25N3O4S/c1-21-28(25,26)19-13-15(8-10-18(19)27-4)9-11-20(24)22-14-16-6-5-7-17(12-16)23(2)3/h5-13,21H,14H2,1-4H3,(H,22,24)/b11-9+. The number of carbonyl (C=O) groups is 1. The maximum atomic E-state index is 12.1. The highest BCUT2D eigenvalue weighted by Crippen LogP contribution is 2.25. The second-order valence-corrected chi connectivity index (χ2v) is 8.09. The Morgan fingerprint density at radius 2 is 1.93 bits per heavy atom. The molecule has 0 aliphatic carbocycles. The van der Waals surface area contributed by atoms with Crippen molar-refractivity contribution in [1.82, 2.24) is 10.0 Å². The highest BCUT2D eigenvalue weighted by molar-refractivity contribution is 7.89. The molecule has 0 spiro atoms. The molecular weight excluding hydrogens is 378 g/mol. The molecule has 0 saturated carbocycles. The van der Waals surface area contributed by atoms with E-state index in [4.69, 9.17) is 4.74 Å². The molecule has 0 saturated heterocycles. The van der Waals surface area contributed by atoms with Crippen molar-refractivity contribution in [1.29, 1.82) is 0 Å². The molecule has 8 heteroatoms. The molecule has 0 bridgehead atoms. The van der Waals surface area contributed by atoms with Crippen LogP contribution in [0.15, 0.2) is 53.4 Å². The van der Waals surface area contributed by atoms with Crippen LogP contribution in [0.1, 0.15) is 11.1 Å². The van der Waals surface area contributed by atoms with Crippen molar-refractivity contribution >= 4 is 27.7 Å². The second kappa shape index (κ2) is 9.38. The van der Waals surface area contributed by atoms with Gasteiger partial charge in [-0.15, -0.1) is 0 Å². The number of ether oxygens (including phenoxy) is 1. The largest absolute Gasteiger partial charge is 0.495 e. The van der Waals surface area contributed by atoms with Crippen molar-refractivity contribution in [3.8, 4) is 5.75 Å². The second-order valence-electron chi connectivity index (χ2n) is 6.23. The van der Waals surface area contributed by atoms with Crippen LogP contribution in [0, 0.1) is 0 Å². The third-order valence-electron chi connectivity index (χ3n) is 4.07. The zero-order valence-corrected chi connectivity index (χ0v) is 17.2. The first-order valence-corrected chi connectivity index (χ1v) is 10.1. The number of hydrogen-bond acceptors (Lipinski definition) is 5. The van der Waals surface area contributed by atoms with Crippen LogP contribution in [0.4, 0.5) is 5.69 Å². The van der Waals surface area contributed by atoms with Gasteiger partial charge in [0, 0.05) is 32.4 Å². The molecule has 7 nitrogen and oxygen atoms in total. The van der Waals surface area contributed by atoms with Crippen LogP contribution in [0.5, 0.6) is 5.75 Å². The number of nitrogens with one attached hydrogen (secondary N) is 2. The van der Waals surface area contributed by atoms with Gasteiger partial charge in [0.05, 0.1) is 7.11 Å². The van der Waals surface area contributed by atoms with Crippen molar-refractivity contribution in [2.75, 3.05) is 33.2 Å². The summed E-state index contributed by atoms with van der Waals surface area (Å²) >= 11 is 0. The van der Waals surface area contributed by atoms with Crippen LogP contribution < -0.4 is 19.7 Å². The van der Waals surface area contributed by atoms with Gasteiger partial charge < -0.3 is 15.0 Å². The lowest BCUT2D eigenvalue weighted by Gasteiger charge is -2.13. The average molecular weight is 404 g/mol. The van der Waals surface area contributed by atoms with Crippen LogP contribution >= 0.6 is 0 Å². The summed E-state index contributed by atoms with van der Waals surface area (Å²) in [5, 5.41) is 2.81. The molecule has 0 atom stereocenters. The van der Waals surface area contributed by atoms with Crippen LogP contribution in [-0.2, 0) is 21.4 Å². The van der Waals surface area contributed by atoms with E-state index in [1.807, 2.05) is 43.3 Å². The van der Waals surface area contributed by atoms with Crippen molar-refractivity contribution in [2.45, 2.75) is 11.4 Å². The van der Waals surface area contributed by atoms with Gasteiger partial charge in [-0.3, -0.25) is 4.79 Å². The van der Waals surface area contributed by atoms with Gasteiger partial charge in [-0.2, -0.15) is 0 Å². The molecule has 28 heavy (non-hydrogen) atoms. The quantitative estimate of drug-likeness (QED) is 0.659. The number of sulfonamides is 1. The molecule has 2 N–H and O–H groups in total. The molecule has 0 unspecified atom stereocenters. The van der Waals surface area contributed by atoms with Crippen molar-refractivity contribution in [2.24, 2.45) is 0 Å². The first-order valence-electron chi connectivity index (χ1n) is 8.60. The zero-order valence-electron chi connectivity index (χ0n) is 16.4. The summed E-state index contributed by atoms with van der Waals surface area (Å²) < 4.78 is 31.6. The molecule has 150 valence electrons. The molecule has 2 aromatic carbocycles. The van der Waals surface area contributed by atoms with Gasteiger partial charge in [0.25, 0.3) is 0 Å². The molecule has 0 fully saturated rings. The molecule has 0 heterocycles. The highest BCUT2D eigenvalue weighted by atomic mass is 32.2. The van der Waals surface area contributed by atoms with Gasteiger partial charge in [0.15, 0.2) is 0 Å². The lowest BCUT2D eigenvalue weighted by Crippen LogP contribution is -2.20. The summed E-state index contributed by atoms with van der Waals surface area (Å²) in [4.78, 5) is 14.1. The van der Waals surface area contributed by atoms with Gasteiger partial charge in [0.2, 0.25) is 15.9 Å². The lowest BCUT2D eigenvalue weighted by atomic mass is 10.2. The minimum atomic E-state index is -3.67. The summed E-state index contributed by atoms with van der Waals surface area (Å²) in [5.74, 6) is -0.0409. The molecule has 0 aromatic heterocycles. The molecule has 2 aromatic rings. The number of rotatable bonds is 8. The molecule has 1 amide bonds. The van der Waals surface area contributed by atoms with Crippen LogP contribution in [-0.4, -0.2) is 42.6 Å². The monoisotopic (exact) mass is 403 g/mol. The summed E-state index contributed by atoms with van der Waals surface area (Å²) in [6, 6.07) is 12.6. The summed E-state index contributed by atoms with van der Waals surface area (Å²) in [5.41, 5.74) is 2.61. The van der Waals surface area contributed by atoms with E-state index in [-0.39, 0.29) is 16.6 Å². The maximum Gasteiger partial charge on any atom is 0.244 e. The Kier molecular flexibility index (Phi) is 7.19. The van der Waals surface area contributed by atoms with E-state index >= 15 is 0 Å². The number of amides is 1. The molecule has 2 rings (SSSR count). The molecule has 0 aliphatic heterocycles. The predicted molar refractivity (Wildman–Crippen MR) is 111 cm³/mol. The van der Waals surface area contributed by atoms with Crippen molar-refractivity contribution in [3.05, 3.63) is 59.7 Å². The van der Waals surface area contributed by atoms with Gasteiger partial charge >= 0.3 is 0 Å². The lowest BCUT2D eigenvalue weighted by molar-refractivity contribution is -0.116. The zero-order chi connectivity index (χ0) is 20.7. The number of benzene rings is 2. The highest BCUT2D eigenvalue weighted by Gasteiger charge is 2.17. The van der Waals surface area contributed by atoms with E-state index in [1.54, 1.807) is 18.2 Å². The van der Waals surface area contributed by atoms with Crippen molar-refractivity contribution in [3.63, 3.8) is 0 Å². The Labute approximate surface area is 166 Å². The number of nitrogens with zero attached hydrogens (tertiary/aromatic N) is 1. The Balaban J connectivity index is 2.08. The third kappa shape index (κ3) is 5.58. The first-order chi connectivity index (χ1) is 13.3. The number of methoxy groups -OCH3 is 1. The van der Waals surface area contributed by atoms with Gasteiger partial charge in [-0.05, 0) is 48.5 Å². The minimum absolute atomic E-state index is 0.0144. The smallest absolute Gasteiger partial charge is 0.244 e. The Morgan fingerprint density at radius 1 is 1.18 bits per heavy atom. The average Bonchev–Trinajstić information content (AvgIpc) is 2.70. The summed E-state index contributed by atoms with van der Waals surface area (Å²) in [7, 11) is 2.97. The molecule has 0 radical (unpaired) electrons. The number of anilines is 1.